The van der Waals surface area contributed by atoms with Crippen LogP contribution < -0.4 is 4.46 Å². The van der Waals surface area contributed by atoms with E-state index in [9.17, 15) is 9.59 Å². The van der Waals surface area contributed by atoms with Gasteiger partial charge in [-0.1, -0.05) is 0 Å². The molecule has 0 aromatic heterocycles. The summed E-state index contributed by atoms with van der Waals surface area (Å²) < 4.78 is 1.33. The third-order valence-corrected chi connectivity index (χ3v) is 7.61. The van der Waals surface area contributed by atoms with Crippen molar-refractivity contribution in [3.8, 4) is 0 Å². The normalized spacial score (nSPS) is 21.5. The maximum atomic E-state index is 12.8. The van der Waals surface area contributed by atoms with Gasteiger partial charge in [-0.3, -0.25) is 0 Å². The molecule has 23 heavy (non-hydrogen) atoms. The number of rotatable bonds is 6. The quantitative estimate of drug-likeness (QED) is 0.562. The van der Waals surface area contributed by atoms with Crippen LogP contribution in [0.3, 0.4) is 0 Å². The molecule has 1 fully saturated rings. The van der Waals surface area contributed by atoms with Crippen LogP contribution in [0.25, 0.3) is 0 Å². The van der Waals surface area contributed by atoms with Crippen LogP contribution in [-0.4, -0.2) is 44.6 Å². The summed E-state index contributed by atoms with van der Waals surface area (Å²) in [5, 5.41) is 0. The van der Waals surface area contributed by atoms with Crippen LogP contribution in [0.1, 0.15) is 40.5 Å². The van der Waals surface area contributed by atoms with Crippen molar-refractivity contribution >= 4 is 31.1 Å². The van der Waals surface area contributed by atoms with Crippen molar-refractivity contribution in [2.45, 2.75) is 44.9 Å². The number of benzene rings is 1. The van der Waals surface area contributed by atoms with E-state index in [2.05, 4.69) is 38.1 Å². The molecule has 1 saturated carbocycles. The van der Waals surface area contributed by atoms with Gasteiger partial charge in [0.15, 0.2) is 0 Å². The van der Waals surface area contributed by atoms with E-state index in [1.165, 1.54) is 4.46 Å². The summed E-state index contributed by atoms with van der Waals surface area (Å²) in [5.41, 5.74) is 0. The van der Waals surface area contributed by atoms with E-state index >= 15 is 0 Å². The minimum atomic E-state index is -0.435. The molecule has 126 valence electrons. The summed E-state index contributed by atoms with van der Waals surface area (Å²) >= 11 is 0.241. The predicted molar refractivity (Wildman–Crippen MR) is 95.0 cm³/mol. The summed E-state index contributed by atoms with van der Waals surface area (Å²) in [6.45, 7) is 9.77. The number of amides is 1. The van der Waals surface area contributed by atoms with Crippen LogP contribution in [0, 0.1) is 11.8 Å². The molecule has 1 aromatic carbocycles. The van der Waals surface area contributed by atoms with E-state index in [-0.39, 0.29) is 36.9 Å². The van der Waals surface area contributed by atoms with E-state index in [1.54, 1.807) is 0 Å². The summed E-state index contributed by atoms with van der Waals surface area (Å²) in [4.78, 5) is 27.1. The Morgan fingerprint density at radius 2 is 1.83 bits per heavy atom. The number of carbonyl (C=O) groups excluding carboxylic acids is 2. The first-order valence-corrected chi connectivity index (χ1v) is 10.2. The molecule has 3 nitrogen and oxygen atoms in total. The Morgan fingerprint density at radius 1 is 1.22 bits per heavy atom. The predicted octanol–water partition coefficient (Wildman–Crippen LogP) is 2.68. The second kappa shape index (κ2) is 7.63. The van der Waals surface area contributed by atoms with Crippen LogP contribution in [0.4, 0.5) is 0 Å². The molecule has 2 atom stereocenters. The van der Waals surface area contributed by atoms with E-state index in [4.69, 9.17) is 0 Å². The molecule has 1 aliphatic carbocycles. The number of ketones is 1. The van der Waals surface area contributed by atoms with Crippen LogP contribution in [0.2, 0.25) is 4.31 Å². The molecule has 0 saturated heterocycles. The zero-order valence-electron chi connectivity index (χ0n) is 14.5. The van der Waals surface area contributed by atoms with E-state index in [0.29, 0.717) is 19.5 Å². The van der Waals surface area contributed by atoms with Crippen molar-refractivity contribution in [3.05, 3.63) is 30.3 Å². The second-order valence-electron chi connectivity index (χ2n) is 6.62. The fraction of sp³-hybridized carbons (Fsp3) is 0.579. The van der Waals surface area contributed by atoms with Crippen molar-refractivity contribution in [1.82, 2.24) is 4.90 Å². The first kappa shape index (κ1) is 18.2. The Hall–Kier alpha value is -1.12. The van der Waals surface area contributed by atoms with Crippen molar-refractivity contribution in [2.24, 2.45) is 11.8 Å². The van der Waals surface area contributed by atoms with Gasteiger partial charge in [-0.25, -0.2) is 0 Å². The molecular formula is C19H27NO2Se. The Labute approximate surface area is 146 Å². The fourth-order valence-corrected chi connectivity index (χ4v) is 6.24. The Bertz CT molecular complexity index is 552. The molecule has 4 heteroatoms. The number of nitrogens with zero attached hydrogens (tertiary/aromatic N) is 1. The van der Waals surface area contributed by atoms with Crippen LogP contribution in [0.5, 0.6) is 0 Å². The van der Waals surface area contributed by atoms with Crippen LogP contribution >= 0.6 is 0 Å². The molecule has 0 unspecified atom stereocenters. The molecule has 0 N–H and O–H groups in total. The van der Waals surface area contributed by atoms with E-state index in [1.807, 2.05) is 24.8 Å². The molecule has 1 aromatic rings. The van der Waals surface area contributed by atoms with Gasteiger partial charge in [-0.2, -0.15) is 0 Å². The van der Waals surface area contributed by atoms with Gasteiger partial charge < -0.3 is 0 Å². The second-order valence-corrected chi connectivity index (χ2v) is 10.2. The SMILES string of the molecule is CCN(CC)C(=O)[C@@H]1C(=O)CC[C@H]1C(C)(C)[Se]c1ccccc1. The van der Waals surface area contributed by atoms with Crippen molar-refractivity contribution in [1.29, 1.82) is 0 Å². The van der Waals surface area contributed by atoms with E-state index in [0.717, 1.165) is 6.42 Å². The molecule has 2 rings (SSSR count). The van der Waals surface area contributed by atoms with Gasteiger partial charge in [0.2, 0.25) is 0 Å². The number of carbonyl (C=O) groups is 2. The summed E-state index contributed by atoms with van der Waals surface area (Å²) in [6.07, 6.45) is 1.40. The number of hydrogen-bond acceptors (Lipinski definition) is 2. The van der Waals surface area contributed by atoms with Crippen LogP contribution in [0.15, 0.2) is 30.3 Å². The van der Waals surface area contributed by atoms with Gasteiger partial charge in [0.1, 0.15) is 0 Å². The molecular weight excluding hydrogens is 353 g/mol. The van der Waals surface area contributed by atoms with Crippen molar-refractivity contribution < 1.29 is 9.59 Å². The van der Waals surface area contributed by atoms with Gasteiger partial charge in [0.25, 0.3) is 0 Å². The first-order valence-electron chi connectivity index (χ1n) is 8.46. The first-order chi connectivity index (χ1) is 10.9. The van der Waals surface area contributed by atoms with Crippen molar-refractivity contribution in [3.63, 3.8) is 0 Å². The summed E-state index contributed by atoms with van der Waals surface area (Å²) in [5.74, 6) is -0.0953. The zero-order valence-corrected chi connectivity index (χ0v) is 16.3. The average molecular weight is 380 g/mol. The minimum absolute atomic E-state index is 0.00596. The van der Waals surface area contributed by atoms with E-state index < -0.39 is 5.92 Å². The third-order valence-electron chi connectivity index (χ3n) is 4.81. The Balaban J connectivity index is 2.22. The molecule has 0 heterocycles. The maximum absolute atomic E-state index is 12.8. The van der Waals surface area contributed by atoms with Gasteiger partial charge >= 0.3 is 146 Å². The topological polar surface area (TPSA) is 37.4 Å². The average Bonchev–Trinajstić information content (AvgIpc) is 2.91. The summed E-state index contributed by atoms with van der Waals surface area (Å²) in [7, 11) is 0. The number of hydrogen-bond donors (Lipinski definition) is 0. The van der Waals surface area contributed by atoms with Gasteiger partial charge in [-0.15, -0.1) is 0 Å². The molecule has 1 aliphatic rings. The molecule has 0 bridgehead atoms. The molecule has 0 spiro atoms. The van der Waals surface area contributed by atoms with Gasteiger partial charge in [0.05, 0.1) is 0 Å². The zero-order chi connectivity index (χ0) is 17.0. The fourth-order valence-electron chi connectivity index (χ4n) is 3.50. The molecule has 0 radical (unpaired) electrons. The van der Waals surface area contributed by atoms with Gasteiger partial charge in [-0.05, 0) is 0 Å². The molecule has 1 amide bonds. The monoisotopic (exact) mass is 381 g/mol. The number of Topliss-reactive ketones (excluding diaryl/α,β-unsaturated/α-hetero) is 1. The summed E-state index contributed by atoms with van der Waals surface area (Å²) in [6, 6.07) is 10.5. The Kier molecular flexibility index (Phi) is 6.05. The van der Waals surface area contributed by atoms with Gasteiger partial charge in [0, 0.05) is 0 Å². The standard InChI is InChI=1S/C19H27NO2Se/c1-5-20(6-2)18(22)17-15(12-13-16(17)21)19(3,4)23-14-10-8-7-9-11-14/h7-11,15,17H,5-6,12-13H2,1-4H3/t15-,17+/m1/s1. The van der Waals surface area contributed by atoms with Crippen LogP contribution in [-0.2, 0) is 9.59 Å². The third kappa shape index (κ3) is 4.05. The molecule has 0 aliphatic heterocycles. The van der Waals surface area contributed by atoms with Crippen molar-refractivity contribution in [2.75, 3.05) is 13.1 Å². The Morgan fingerprint density at radius 3 is 2.39 bits per heavy atom.